The van der Waals surface area contributed by atoms with Gasteiger partial charge >= 0.3 is 0 Å². The first-order valence-electron chi connectivity index (χ1n) is 12.0. The molecule has 3 heterocycles. The summed E-state index contributed by atoms with van der Waals surface area (Å²) < 4.78 is 36.6. The van der Waals surface area contributed by atoms with Crippen molar-refractivity contribution in [3.8, 4) is 27.6 Å². The van der Waals surface area contributed by atoms with Crippen LogP contribution in [-0.2, 0) is 16.6 Å². The van der Waals surface area contributed by atoms with Gasteiger partial charge in [0.05, 0.1) is 16.7 Å². The van der Waals surface area contributed by atoms with Crippen LogP contribution in [0.3, 0.4) is 0 Å². The number of pyridine rings is 1. The number of nitrogens with zero attached hydrogens (tertiary/aromatic N) is 4. The molecule has 4 rings (SSSR count). The van der Waals surface area contributed by atoms with Crippen LogP contribution in [-0.4, -0.2) is 34.3 Å². The summed E-state index contributed by atoms with van der Waals surface area (Å²) in [6.45, 7) is 11.3. The van der Waals surface area contributed by atoms with E-state index < -0.39 is 10.0 Å². The molecule has 0 aliphatic heterocycles. The maximum Gasteiger partial charge on any atom is 0.281 e. The van der Waals surface area contributed by atoms with Gasteiger partial charge in [0.25, 0.3) is 10.0 Å². The molecule has 0 aliphatic carbocycles. The Balaban J connectivity index is 1.77. The van der Waals surface area contributed by atoms with Gasteiger partial charge < -0.3 is 10.5 Å². The summed E-state index contributed by atoms with van der Waals surface area (Å²) >= 11 is 1.21. The zero-order valence-electron chi connectivity index (χ0n) is 21.6. The number of aryl methyl sites for hydroxylation is 1. The van der Waals surface area contributed by atoms with E-state index in [1.165, 1.54) is 23.5 Å². The third-order valence-electron chi connectivity index (χ3n) is 5.34. The Morgan fingerprint density at radius 2 is 1.84 bits per heavy atom. The van der Waals surface area contributed by atoms with Gasteiger partial charge in [-0.2, -0.15) is 13.5 Å². The van der Waals surface area contributed by atoms with Crippen molar-refractivity contribution in [3.05, 3.63) is 54.7 Å². The predicted octanol–water partition coefficient (Wildman–Crippen LogP) is 5.68. The Morgan fingerprint density at radius 3 is 2.54 bits per heavy atom. The number of benzene rings is 1. The van der Waals surface area contributed by atoms with Crippen molar-refractivity contribution in [2.45, 2.75) is 58.7 Å². The maximum atomic E-state index is 13.0. The van der Waals surface area contributed by atoms with Crippen molar-refractivity contribution in [3.63, 3.8) is 0 Å². The summed E-state index contributed by atoms with van der Waals surface area (Å²) in [5, 5.41) is 4.79. The molecule has 0 aliphatic rings. The van der Waals surface area contributed by atoms with Gasteiger partial charge in [-0.05, 0) is 56.0 Å². The second kappa shape index (κ2) is 10.5. The van der Waals surface area contributed by atoms with Crippen molar-refractivity contribution < 1.29 is 13.2 Å². The number of nitrogen functional groups attached to an aromatic ring is 1. The highest BCUT2D eigenvalue weighted by Crippen LogP contribution is 2.42. The molecule has 3 aromatic heterocycles. The zero-order valence-corrected chi connectivity index (χ0v) is 23.2. The first-order valence-corrected chi connectivity index (χ1v) is 14.3. The lowest BCUT2D eigenvalue weighted by atomic mass is 9.92. The van der Waals surface area contributed by atoms with Crippen molar-refractivity contribution >= 4 is 32.3 Å². The summed E-state index contributed by atoms with van der Waals surface area (Å²) in [6.07, 6.45) is 2.85. The average Bonchev–Trinajstić information content (AvgIpc) is 3.44. The van der Waals surface area contributed by atoms with Crippen LogP contribution in [0.15, 0.2) is 59.8 Å². The standard InChI is InChI=1S/C26H32N6O3S2/c1-17(2)35-20-10-7-6-9-18(20)23-24(19-13-15-32(30-19)16-14-26(3,4)5)36-25(29-23)31-37(33,34)22-12-8-11-21(27)28-22/h6-13,15,17H,14,16H2,1-5H3,(H2,27,28)(H,29,31). The molecule has 0 amide bonds. The molecule has 0 radical (unpaired) electrons. The second-order valence-corrected chi connectivity index (χ2v) is 12.8. The van der Waals surface area contributed by atoms with E-state index in [2.05, 4.69) is 30.5 Å². The highest BCUT2D eigenvalue weighted by Gasteiger charge is 2.24. The largest absolute Gasteiger partial charge is 0.490 e. The summed E-state index contributed by atoms with van der Waals surface area (Å²) in [5.74, 6) is 0.770. The monoisotopic (exact) mass is 540 g/mol. The third kappa shape index (κ3) is 6.66. The molecule has 0 saturated heterocycles. The van der Waals surface area contributed by atoms with Gasteiger partial charge in [0.2, 0.25) is 0 Å². The van der Waals surface area contributed by atoms with Crippen LogP contribution >= 0.6 is 11.3 Å². The predicted molar refractivity (Wildman–Crippen MR) is 148 cm³/mol. The lowest BCUT2D eigenvalue weighted by Gasteiger charge is -2.17. The summed E-state index contributed by atoms with van der Waals surface area (Å²) in [5.41, 5.74) is 7.91. The topological polar surface area (TPSA) is 125 Å². The molecule has 11 heteroatoms. The van der Waals surface area contributed by atoms with E-state index in [1.54, 1.807) is 6.07 Å². The van der Waals surface area contributed by atoms with E-state index >= 15 is 0 Å². The maximum absolute atomic E-state index is 13.0. The Hall–Kier alpha value is -3.44. The van der Waals surface area contributed by atoms with E-state index in [4.69, 9.17) is 20.6 Å². The molecule has 0 saturated carbocycles. The minimum absolute atomic E-state index is 0.0487. The number of thiazole rings is 1. The third-order valence-corrected chi connectivity index (χ3v) is 7.70. The summed E-state index contributed by atoms with van der Waals surface area (Å²) in [7, 11) is -4.00. The number of anilines is 2. The summed E-state index contributed by atoms with van der Waals surface area (Å²) in [4.78, 5) is 9.37. The molecule has 196 valence electrons. The van der Waals surface area contributed by atoms with E-state index in [9.17, 15) is 8.42 Å². The minimum atomic E-state index is -4.00. The number of hydrogen-bond donors (Lipinski definition) is 2. The van der Waals surface area contributed by atoms with Crippen LogP contribution in [0.1, 0.15) is 41.0 Å². The van der Waals surface area contributed by atoms with Crippen LogP contribution in [0.5, 0.6) is 5.75 Å². The smallest absolute Gasteiger partial charge is 0.281 e. The molecule has 4 aromatic rings. The summed E-state index contributed by atoms with van der Waals surface area (Å²) in [6, 6.07) is 13.9. The number of para-hydroxylation sites is 1. The van der Waals surface area contributed by atoms with Crippen LogP contribution in [0.2, 0.25) is 0 Å². The number of nitrogens with two attached hydrogens (primary N) is 1. The Morgan fingerprint density at radius 1 is 1.08 bits per heavy atom. The molecule has 9 nitrogen and oxygen atoms in total. The second-order valence-electron chi connectivity index (χ2n) is 10.1. The van der Waals surface area contributed by atoms with Crippen molar-refractivity contribution in [2.24, 2.45) is 5.41 Å². The molecule has 3 N–H and O–H groups in total. The van der Waals surface area contributed by atoms with Gasteiger partial charge in [-0.1, -0.05) is 50.3 Å². The fourth-order valence-corrected chi connectivity index (χ4v) is 5.70. The lowest BCUT2D eigenvalue weighted by molar-refractivity contribution is 0.243. The number of sulfonamides is 1. The fourth-order valence-electron chi connectivity index (χ4n) is 3.54. The van der Waals surface area contributed by atoms with Crippen LogP contribution in [0.4, 0.5) is 10.9 Å². The van der Waals surface area contributed by atoms with Crippen molar-refractivity contribution in [2.75, 3.05) is 10.5 Å². The van der Waals surface area contributed by atoms with Crippen LogP contribution < -0.4 is 15.2 Å². The molecule has 37 heavy (non-hydrogen) atoms. The highest BCUT2D eigenvalue weighted by molar-refractivity contribution is 7.92. The van der Waals surface area contributed by atoms with Gasteiger partial charge in [0, 0.05) is 18.3 Å². The molecule has 0 bridgehead atoms. The van der Waals surface area contributed by atoms with Crippen molar-refractivity contribution in [1.82, 2.24) is 19.7 Å². The van der Waals surface area contributed by atoms with Crippen LogP contribution in [0, 0.1) is 5.41 Å². The number of ether oxygens (including phenoxy) is 1. The van der Waals surface area contributed by atoms with Gasteiger partial charge in [-0.3, -0.25) is 9.40 Å². The van der Waals surface area contributed by atoms with Crippen molar-refractivity contribution in [1.29, 1.82) is 0 Å². The number of aromatic nitrogens is 4. The number of hydrogen-bond acceptors (Lipinski definition) is 8. The first kappa shape index (κ1) is 26.6. The molecular weight excluding hydrogens is 508 g/mol. The van der Waals surface area contributed by atoms with Gasteiger partial charge in [0.15, 0.2) is 10.2 Å². The molecule has 1 aromatic carbocycles. The number of rotatable bonds is 9. The quantitative estimate of drug-likeness (QED) is 0.280. The highest BCUT2D eigenvalue weighted by atomic mass is 32.2. The van der Waals surface area contributed by atoms with E-state index in [0.29, 0.717) is 17.1 Å². The number of nitrogens with one attached hydrogen (secondary N) is 1. The lowest BCUT2D eigenvalue weighted by Crippen LogP contribution is -2.14. The SMILES string of the molecule is CC(C)Oc1ccccc1-c1nc(NS(=O)(=O)c2cccc(N)n2)sc1-c1ccn(CCC(C)(C)C)n1. The molecule has 0 spiro atoms. The molecule has 0 unspecified atom stereocenters. The molecule has 0 fully saturated rings. The Bertz CT molecular complexity index is 1490. The van der Waals surface area contributed by atoms with Gasteiger partial charge in [-0.25, -0.2) is 9.97 Å². The molecular formula is C26H32N6O3S2. The van der Waals surface area contributed by atoms with Gasteiger partial charge in [-0.15, -0.1) is 0 Å². The zero-order chi connectivity index (χ0) is 26.8. The van der Waals surface area contributed by atoms with Gasteiger partial charge in [0.1, 0.15) is 17.3 Å². The van der Waals surface area contributed by atoms with E-state index in [0.717, 1.165) is 23.4 Å². The first-order chi connectivity index (χ1) is 17.4. The normalized spacial score (nSPS) is 12.2. The van der Waals surface area contributed by atoms with Crippen LogP contribution in [0.25, 0.3) is 21.8 Å². The van der Waals surface area contributed by atoms with E-state index in [1.807, 2.05) is 55.1 Å². The fraction of sp³-hybridized carbons (Fsp3) is 0.346. The average molecular weight is 541 g/mol. The Kier molecular flexibility index (Phi) is 7.56. The van der Waals surface area contributed by atoms with E-state index in [-0.39, 0.29) is 27.5 Å². The molecule has 0 atom stereocenters. The Labute approximate surface area is 221 Å². The minimum Gasteiger partial charge on any atom is -0.490 e.